The largest absolute Gasteiger partial charge is 0.390 e. The Balaban J connectivity index is 0. The van der Waals surface area contributed by atoms with Gasteiger partial charge in [0.25, 0.3) is 0 Å². The molecule has 0 aliphatic rings. The molecule has 0 spiro atoms. The maximum absolute atomic E-state index is 9.81. The topological polar surface area (TPSA) is 42.4 Å². The van der Waals surface area contributed by atoms with E-state index in [0.717, 1.165) is 28.6 Å². The summed E-state index contributed by atoms with van der Waals surface area (Å²) in [6.07, 6.45) is 12.4. The number of para-hydroxylation sites is 1. The Morgan fingerprint density at radius 2 is 1.84 bits per heavy atom. The van der Waals surface area contributed by atoms with Gasteiger partial charge in [-0.15, -0.1) is 0 Å². The van der Waals surface area contributed by atoms with E-state index >= 15 is 0 Å². The molecule has 2 aromatic rings. The zero-order chi connectivity index (χ0) is 28.6. The van der Waals surface area contributed by atoms with Gasteiger partial charge in [0.2, 0.25) is 0 Å². The summed E-state index contributed by atoms with van der Waals surface area (Å²) < 4.78 is 5.10. The molecule has 1 heterocycles. The number of rotatable bonds is 11. The van der Waals surface area contributed by atoms with Crippen LogP contribution in [0, 0.1) is 0 Å². The smallest absolute Gasteiger partial charge is 0.0889 e. The fourth-order valence-corrected chi connectivity index (χ4v) is 3.88. The summed E-state index contributed by atoms with van der Waals surface area (Å²) in [5.41, 5.74) is 5.78. The van der Waals surface area contributed by atoms with Gasteiger partial charge in [0, 0.05) is 30.2 Å². The number of pyridine rings is 1. The number of methoxy groups -OCH3 is 1. The number of hydrogen-bond acceptors (Lipinski definition) is 4. The van der Waals surface area contributed by atoms with Crippen LogP contribution in [0.5, 0.6) is 0 Å². The molecular weight excluding hydrogens is 474 g/mol. The first kappa shape index (κ1) is 36.8. The molecule has 3 nitrogen and oxygen atoms in total. The van der Waals surface area contributed by atoms with E-state index in [9.17, 15) is 5.11 Å². The monoisotopic (exact) mass is 525 g/mol. The summed E-state index contributed by atoms with van der Waals surface area (Å²) in [5, 5.41) is 11.0. The number of aromatic nitrogens is 1. The number of nitrogens with zero attached hydrogens (tertiary/aromatic N) is 1. The van der Waals surface area contributed by atoms with E-state index in [4.69, 9.17) is 4.74 Å². The van der Waals surface area contributed by atoms with Crippen molar-refractivity contribution in [2.24, 2.45) is 0 Å². The predicted molar refractivity (Wildman–Crippen MR) is 169 cm³/mol. The van der Waals surface area contributed by atoms with Crippen molar-refractivity contribution in [3.63, 3.8) is 0 Å². The molecule has 0 radical (unpaired) electrons. The number of aliphatic hydroxyl groups excluding tert-OH is 1. The number of aliphatic hydroxyl groups is 1. The first-order valence-corrected chi connectivity index (χ1v) is 14.5. The highest BCUT2D eigenvalue weighted by molar-refractivity contribution is 7.98. The second-order valence-electron chi connectivity index (χ2n) is 7.75. The number of ether oxygens (including phenoxy) is 1. The molecule has 1 N–H and O–H groups in total. The second kappa shape index (κ2) is 24.0. The summed E-state index contributed by atoms with van der Waals surface area (Å²) in [4.78, 5) is 4.43. The average Bonchev–Trinajstić information content (AvgIpc) is 2.95. The van der Waals surface area contributed by atoms with Crippen molar-refractivity contribution >= 4 is 22.7 Å². The first-order chi connectivity index (χ1) is 17.9. The number of benzene rings is 1. The lowest BCUT2D eigenvalue weighted by molar-refractivity contribution is 0.0125. The van der Waals surface area contributed by atoms with Crippen LogP contribution in [-0.4, -0.2) is 35.2 Å². The van der Waals surface area contributed by atoms with Gasteiger partial charge < -0.3 is 9.84 Å². The number of allylic oxidation sites excluding steroid dienone is 8. The van der Waals surface area contributed by atoms with Crippen molar-refractivity contribution in [2.75, 3.05) is 12.9 Å². The van der Waals surface area contributed by atoms with Gasteiger partial charge in [-0.05, 0) is 50.5 Å². The third-order valence-corrected chi connectivity index (χ3v) is 6.26. The normalized spacial score (nSPS) is 12.8. The highest BCUT2D eigenvalue weighted by Crippen LogP contribution is 2.18. The minimum Gasteiger partial charge on any atom is -0.390 e. The van der Waals surface area contributed by atoms with E-state index in [-0.39, 0.29) is 6.10 Å². The Bertz CT molecular complexity index is 975. The van der Waals surface area contributed by atoms with Gasteiger partial charge in [0.05, 0.1) is 17.7 Å². The highest BCUT2D eigenvalue weighted by Gasteiger charge is 2.12. The van der Waals surface area contributed by atoms with E-state index in [1.165, 1.54) is 16.7 Å². The fraction of sp³-hybridized carbons (Fsp3) is 0.424. The van der Waals surface area contributed by atoms with Crippen LogP contribution in [0.3, 0.4) is 0 Å². The molecule has 0 saturated heterocycles. The summed E-state index contributed by atoms with van der Waals surface area (Å²) in [5.74, 6) is 1.52. The molecule has 4 heteroatoms. The lowest BCUT2D eigenvalue weighted by atomic mass is 10.0. The van der Waals surface area contributed by atoms with Crippen LogP contribution in [0.1, 0.15) is 67.4 Å². The van der Waals surface area contributed by atoms with Gasteiger partial charge in [-0.2, -0.15) is 11.8 Å². The molecule has 0 aliphatic carbocycles. The van der Waals surface area contributed by atoms with E-state index < -0.39 is 6.10 Å². The molecule has 0 amide bonds. The molecular formula is C33H51NO2S. The molecule has 2 atom stereocenters. The molecule has 0 fully saturated rings. The fourth-order valence-electron chi connectivity index (χ4n) is 2.86. The van der Waals surface area contributed by atoms with Crippen molar-refractivity contribution in [3.8, 4) is 0 Å². The third-order valence-electron chi connectivity index (χ3n) is 5.14. The minimum atomic E-state index is -0.427. The first-order valence-electron chi connectivity index (χ1n) is 13.3. The Labute approximate surface area is 232 Å². The molecule has 206 valence electrons. The van der Waals surface area contributed by atoms with Crippen molar-refractivity contribution < 1.29 is 9.84 Å². The average molecular weight is 526 g/mol. The lowest BCUT2D eigenvalue weighted by Crippen LogP contribution is -2.27. The van der Waals surface area contributed by atoms with Crippen molar-refractivity contribution in [1.82, 2.24) is 4.98 Å². The summed E-state index contributed by atoms with van der Waals surface area (Å²) in [6, 6.07) is 10.2. The summed E-state index contributed by atoms with van der Waals surface area (Å²) in [7, 11) is 1.62. The number of thioether (sulfide) groups is 1. The lowest BCUT2D eigenvalue weighted by Gasteiger charge is -2.16. The number of hydrogen-bond donors (Lipinski definition) is 1. The molecule has 1 aromatic heterocycles. The highest BCUT2D eigenvalue weighted by atomic mass is 32.2. The summed E-state index contributed by atoms with van der Waals surface area (Å²) >= 11 is 1.70. The van der Waals surface area contributed by atoms with Crippen LogP contribution in [0.4, 0.5) is 0 Å². The quantitative estimate of drug-likeness (QED) is 0.297. The van der Waals surface area contributed by atoms with Gasteiger partial charge in [0.1, 0.15) is 0 Å². The van der Waals surface area contributed by atoms with Crippen molar-refractivity contribution in [2.45, 2.75) is 79.8 Å². The SMILES string of the molecule is C=C\C=C/C(=C/C(=C\C)CC)C(=C)C.CC.CC.COC(C)C(O)CSCc1cnc2ccccc2c1. The van der Waals surface area contributed by atoms with E-state index in [1.807, 2.05) is 78.1 Å². The maximum Gasteiger partial charge on any atom is 0.0889 e. The van der Waals surface area contributed by atoms with Crippen LogP contribution < -0.4 is 0 Å². The van der Waals surface area contributed by atoms with Gasteiger partial charge in [-0.25, -0.2) is 0 Å². The zero-order valence-corrected chi connectivity index (χ0v) is 25.6. The number of fused-ring (bicyclic) bond motifs is 1. The van der Waals surface area contributed by atoms with Crippen molar-refractivity contribution in [3.05, 3.63) is 102 Å². The molecule has 37 heavy (non-hydrogen) atoms. The Kier molecular flexibility index (Phi) is 23.8. The van der Waals surface area contributed by atoms with Gasteiger partial charge in [-0.3, -0.25) is 4.98 Å². The standard InChI is InChI=1S/C15H19NO2S.C14H20.2C2H6/c1-11(18-2)15(17)10-19-9-12-7-13-5-3-4-6-14(13)16-8-12;1-6-9-10-14(12(4)5)11-13(7-2)8-3;2*1-2/h3-8,11,15,17H,9-10H2,1-2H3;6-7,9-11H,1,4,8H2,2-3,5H3;2*1-2H3/b;10-9-,13-7-,14-11-;;. The van der Waals surface area contributed by atoms with E-state index in [0.29, 0.717) is 5.75 Å². The second-order valence-corrected chi connectivity index (χ2v) is 8.78. The van der Waals surface area contributed by atoms with Crippen LogP contribution in [-0.2, 0) is 10.5 Å². The Hall–Kier alpha value is -2.40. The molecule has 0 bridgehead atoms. The van der Waals surface area contributed by atoms with Gasteiger partial charge >= 0.3 is 0 Å². The van der Waals surface area contributed by atoms with Crippen LogP contribution in [0.25, 0.3) is 10.9 Å². The summed E-state index contributed by atoms with van der Waals surface area (Å²) in [6.45, 7) is 23.7. The predicted octanol–water partition coefficient (Wildman–Crippen LogP) is 9.50. The van der Waals surface area contributed by atoms with Gasteiger partial charge in [-0.1, -0.05) is 108 Å². The Morgan fingerprint density at radius 1 is 1.19 bits per heavy atom. The van der Waals surface area contributed by atoms with E-state index in [2.05, 4.69) is 56.3 Å². The molecule has 1 aromatic carbocycles. The molecule has 0 aliphatic heterocycles. The zero-order valence-electron chi connectivity index (χ0n) is 24.8. The Morgan fingerprint density at radius 3 is 2.38 bits per heavy atom. The van der Waals surface area contributed by atoms with Crippen LogP contribution in [0.15, 0.2) is 96.8 Å². The maximum atomic E-state index is 9.81. The third kappa shape index (κ3) is 16.1. The van der Waals surface area contributed by atoms with Crippen molar-refractivity contribution in [1.29, 1.82) is 0 Å². The molecule has 0 saturated carbocycles. The van der Waals surface area contributed by atoms with Gasteiger partial charge in [0.15, 0.2) is 0 Å². The minimum absolute atomic E-state index is 0.123. The van der Waals surface area contributed by atoms with Crippen LogP contribution >= 0.6 is 11.8 Å². The van der Waals surface area contributed by atoms with E-state index in [1.54, 1.807) is 24.9 Å². The van der Waals surface area contributed by atoms with Crippen LogP contribution in [0.2, 0.25) is 0 Å². The molecule has 2 rings (SSSR count). The molecule has 2 unspecified atom stereocenters.